The summed E-state index contributed by atoms with van der Waals surface area (Å²) in [7, 11) is 0. The summed E-state index contributed by atoms with van der Waals surface area (Å²) in [5.74, 6) is 0.688. The molecule has 0 heterocycles. The van der Waals surface area contributed by atoms with Crippen molar-refractivity contribution in [2.24, 2.45) is 0 Å². The van der Waals surface area contributed by atoms with Crippen molar-refractivity contribution in [1.82, 2.24) is 0 Å². The lowest BCUT2D eigenvalue weighted by molar-refractivity contribution is -0.385. The zero-order valence-electron chi connectivity index (χ0n) is 11.7. The summed E-state index contributed by atoms with van der Waals surface area (Å²) in [6.07, 6.45) is 1.15. The third-order valence-corrected chi connectivity index (χ3v) is 6.23. The van der Waals surface area contributed by atoms with Crippen LogP contribution in [0.25, 0.3) is 0 Å². The summed E-state index contributed by atoms with van der Waals surface area (Å²) >= 11 is 1.06. The summed E-state index contributed by atoms with van der Waals surface area (Å²) < 4.78 is 23.0. The van der Waals surface area contributed by atoms with Crippen molar-refractivity contribution in [2.75, 3.05) is 12.4 Å². The maximum atomic E-state index is 12.5. The number of benzene rings is 1. The number of hydrogen-bond acceptors (Lipinski definition) is 7. The molecule has 0 fully saturated rings. The Kier molecular flexibility index (Phi) is 6.87. The molecule has 0 amide bonds. The standard InChI is InChI=1S/C12H16NO6PS/c1-3-7-21-20(17,18-4-2)19-11-5-6-12(13(15)16)10(8-11)9-14/h5-6,8-9H,3-4,7H2,1-2H3. The van der Waals surface area contributed by atoms with Crippen molar-refractivity contribution in [3.8, 4) is 5.75 Å². The smallest absolute Gasteiger partial charge is 0.417 e. The van der Waals surface area contributed by atoms with E-state index in [1.54, 1.807) is 6.92 Å². The zero-order chi connectivity index (χ0) is 15.9. The van der Waals surface area contributed by atoms with Gasteiger partial charge in [-0.1, -0.05) is 6.92 Å². The summed E-state index contributed by atoms with van der Waals surface area (Å²) in [4.78, 5) is 21.0. The van der Waals surface area contributed by atoms with E-state index in [2.05, 4.69) is 0 Å². The number of aldehydes is 1. The van der Waals surface area contributed by atoms with Crippen molar-refractivity contribution < 1.29 is 23.3 Å². The van der Waals surface area contributed by atoms with Gasteiger partial charge in [-0.05, 0) is 36.9 Å². The largest absolute Gasteiger partial charge is 0.440 e. The highest BCUT2D eigenvalue weighted by atomic mass is 32.7. The van der Waals surface area contributed by atoms with Gasteiger partial charge in [0.1, 0.15) is 5.75 Å². The minimum absolute atomic E-state index is 0.100. The third-order valence-electron chi connectivity index (χ3n) is 2.28. The molecule has 0 saturated heterocycles. The molecule has 0 aliphatic rings. The Balaban J connectivity index is 3.01. The summed E-state index contributed by atoms with van der Waals surface area (Å²) in [5, 5.41) is 10.7. The van der Waals surface area contributed by atoms with Gasteiger partial charge >= 0.3 is 6.80 Å². The van der Waals surface area contributed by atoms with Gasteiger partial charge in [-0.25, -0.2) is 4.57 Å². The summed E-state index contributed by atoms with van der Waals surface area (Å²) in [6, 6.07) is 3.62. The Labute approximate surface area is 126 Å². The van der Waals surface area contributed by atoms with Gasteiger partial charge in [0.2, 0.25) is 0 Å². The average Bonchev–Trinajstić information content (AvgIpc) is 2.45. The van der Waals surface area contributed by atoms with E-state index in [1.807, 2.05) is 6.92 Å². The zero-order valence-corrected chi connectivity index (χ0v) is 13.4. The van der Waals surface area contributed by atoms with Gasteiger partial charge in [-0.2, -0.15) is 0 Å². The van der Waals surface area contributed by atoms with E-state index >= 15 is 0 Å². The van der Waals surface area contributed by atoms with Crippen molar-refractivity contribution in [3.05, 3.63) is 33.9 Å². The second kappa shape index (κ2) is 8.17. The van der Waals surface area contributed by atoms with E-state index in [0.29, 0.717) is 12.0 Å². The first-order valence-corrected chi connectivity index (χ1v) is 9.41. The van der Waals surface area contributed by atoms with Crippen LogP contribution in [-0.4, -0.2) is 23.6 Å². The van der Waals surface area contributed by atoms with Crippen LogP contribution in [0.4, 0.5) is 5.69 Å². The first-order valence-electron chi connectivity index (χ1n) is 6.28. The molecular formula is C12H16NO6PS. The predicted molar refractivity (Wildman–Crippen MR) is 81.1 cm³/mol. The highest BCUT2D eigenvalue weighted by Gasteiger charge is 2.27. The minimum atomic E-state index is -3.40. The fourth-order valence-electron chi connectivity index (χ4n) is 1.43. The molecule has 0 aliphatic carbocycles. The number of nitrogens with zero attached hydrogens (tertiary/aromatic N) is 1. The molecule has 116 valence electrons. The van der Waals surface area contributed by atoms with Crippen LogP contribution < -0.4 is 4.52 Å². The Morgan fingerprint density at radius 3 is 2.67 bits per heavy atom. The van der Waals surface area contributed by atoms with Crippen LogP contribution in [0.2, 0.25) is 0 Å². The van der Waals surface area contributed by atoms with E-state index in [1.165, 1.54) is 12.1 Å². The number of hydrogen-bond donors (Lipinski definition) is 0. The van der Waals surface area contributed by atoms with Crippen LogP contribution in [0.5, 0.6) is 5.75 Å². The van der Waals surface area contributed by atoms with Crippen molar-refractivity contribution in [2.45, 2.75) is 20.3 Å². The monoisotopic (exact) mass is 333 g/mol. The molecular weight excluding hydrogens is 317 g/mol. The highest BCUT2D eigenvalue weighted by molar-refractivity contribution is 8.55. The summed E-state index contributed by atoms with van der Waals surface area (Å²) in [6.45, 7) is 0.434. The molecule has 0 aliphatic heterocycles. The molecule has 1 aromatic carbocycles. The molecule has 7 nitrogen and oxygen atoms in total. The van der Waals surface area contributed by atoms with E-state index in [-0.39, 0.29) is 23.6 Å². The van der Waals surface area contributed by atoms with Crippen LogP contribution in [-0.2, 0) is 9.09 Å². The van der Waals surface area contributed by atoms with E-state index in [0.717, 1.165) is 23.9 Å². The Hall–Kier alpha value is -1.37. The van der Waals surface area contributed by atoms with Gasteiger partial charge in [0.15, 0.2) is 6.29 Å². The van der Waals surface area contributed by atoms with Gasteiger partial charge in [0.05, 0.1) is 17.1 Å². The van der Waals surface area contributed by atoms with Gasteiger partial charge in [-0.3, -0.25) is 19.4 Å². The lowest BCUT2D eigenvalue weighted by Crippen LogP contribution is -1.98. The van der Waals surface area contributed by atoms with Crippen molar-refractivity contribution in [1.29, 1.82) is 0 Å². The second-order valence-electron chi connectivity index (χ2n) is 3.89. The van der Waals surface area contributed by atoms with Gasteiger partial charge in [-0.15, -0.1) is 0 Å². The second-order valence-corrected chi connectivity index (χ2v) is 8.00. The van der Waals surface area contributed by atoms with Gasteiger partial charge in [0.25, 0.3) is 5.69 Å². The molecule has 1 atom stereocenters. The van der Waals surface area contributed by atoms with Crippen LogP contribution in [0.1, 0.15) is 30.6 Å². The molecule has 1 rings (SSSR count). The first kappa shape index (κ1) is 17.7. The predicted octanol–water partition coefficient (Wildman–Crippen LogP) is 4.07. The van der Waals surface area contributed by atoms with Crippen LogP contribution in [0.15, 0.2) is 18.2 Å². The first-order chi connectivity index (χ1) is 9.95. The fraction of sp³-hybridized carbons (Fsp3) is 0.417. The Morgan fingerprint density at radius 2 is 2.14 bits per heavy atom. The third kappa shape index (κ3) is 5.15. The summed E-state index contributed by atoms with van der Waals surface area (Å²) in [5.41, 5.74) is -0.467. The van der Waals surface area contributed by atoms with Gasteiger partial charge < -0.3 is 4.52 Å². The maximum Gasteiger partial charge on any atom is 0.440 e. The highest BCUT2D eigenvalue weighted by Crippen LogP contribution is 2.60. The SMILES string of the molecule is CCCSP(=O)(OCC)Oc1ccc([N+](=O)[O-])c(C=O)c1. The maximum absolute atomic E-state index is 12.5. The molecule has 0 aromatic heterocycles. The molecule has 0 radical (unpaired) electrons. The molecule has 21 heavy (non-hydrogen) atoms. The molecule has 1 aromatic rings. The van der Waals surface area contributed by atoms with Crippen LogP contribution in [0.3, 0.4) is 0 Å². The number of rotatable bonds is 9. The van der Waals surface area contributed by atoms with Gasteiger partial charge in [0, 0.05) is 11.8 Å². The topological polar surface area (TPSA) is 95.7 Å². The number of nitro groups is 1. The Morgan fingerprint density at radius 1 is 1.43 bits per heavy atom. The average molecular weight is 333 g/mol. The number of carbonyl (C=O) groups is 1. The molecule has 0 bridgehead atoms. The normalized spacial score (nSPS) is 13.4. The number of carbonyl (C=O) groups excluding carboxylic acids is 1. The molecule has 0 spiro atoms. The quantitative estimate of drug-likeness (QED) is 0.291. The van der Waals surface area contributed by atoms with E-state index < -0.39 is 11.7 Å². The fourth-order valence-corrected chi connectivity index (χ4v) is 4.88. The van der Waals surface area contributed by atoms with Crippen molar-refractivity contribution in [3.63, 3.8) is 0 Å². The molecule has 0 saturated carbocycles. The van der Waals surface area contributed by atoms with E-state index in [9.17, 15) is 19.5 Å². The molecule has 0 N–H and O–H groups in total. The van der Waals surface area contributed by atoms with Crippen LogP contribution in [0, 0.1) is 10.1 Å². The number of nitro benzene ring substituents is 1. The van der Waals surface area contributed by atoms with E-state index in [4.69, 9.17) is 9.05 Å². The molecule has 1 unspecified atom stereocenters. The Bertz CT molecular complexity index is 565. The lowest BCUT2D eigenvalue weighted by Gasteiger charge is -2.17. The van der Waals surface area contributed by atoms with Crippen molar-refractivity contribution >= 4 is 30.2 Å². The molecule has 9 heteroatoms. The minimum Gasteiger partial charge on any atom is -0.417 e. The van der Waals surface area contributed by atoms with Crippen LogP contribution >= 0.6 is 18.2 Å². The lowest BCUT2D eigenvalue weighted by atomic mass is 10.2.